The lowest BCUT2D eigenvalue weighted by Crippen LogP contribution is -2.50. The highest BCUT2D eigenvalue weighted by molar-refractivity contribution is 6.74. The molecule has 0 saturated heterocycles. The van der Waals surface area contributed by atoms with Gasteiger partial charge in [-0.25, -0.2) is 4.79 Å². The molecule has 24 heavy (non-hydrogen) atoms. The van der Waals surface area contributed by atoms with E-state index in [1.54, 1.807) is 20.8 Å². The van der Waals surface area contributed by atoms with Crippen molar-refractivity contribution in [1.29, 1.82) is 0 Å². The number of carbonyl (C=O) groups is 2. The maximum absolute atomic E-state index is 12.1. The first-order valence-electron chi connectivity index (χ1n) is 8.52. The molecule has 1 rings (SSSR count). The van der Waals surface area contributed by atoms with Gasteiger partial charge in [0, 0.05) is 0 Å². The predicted octanol–water partition coefficient (Wildman–Crippen LogP) is 3.76. The molecule has 0 aromatic rings. The van der Waals surface area contributed by atoms with Crippen LogP contribution in [-0.2, 0) is 14.0 Å². The van der Waals surface area contributed by atoms with E-state index < -0.39 is 31.9 Å². The van der Waals surface area contributed by atoms with Gasteiger partial charge in [0.05, 0.1) is 18.1 Å². The third kappa shape index (κ3) is 5.77. The number of hydrogen-bond acceptors (Lipinski definition) is 4. The lowest BCUT2D eigenvalue weighted by molar-refractivity contribution is -0.141. The van der Waals surface area contributed by atoms with Crippen molar-refractivity contribution in [1.82, 2.24) is 5.32 Å². The Bertz CT molecular complexity index is 478. The summed E-state index contributed by atoms with van der Waals surface area (Å²) in [5, 5.41) is 12.2. The zero-order valence-electron chi connectivity index (χ0n) is 16.2. The number of amides is 1. The zero-order chi connectivity index (χ0) is 18.9. The molecule has 3 atom stereocenters. The van der Waals surface area contributed by atoms with Crippen LogP contribution in [0.15, 0.2) is 0 Å². The Morgan fingerprint density at radius 2 is 1.62 bits per heavy atom. The fraction of sp³-hybridized carbons (Fsp3) is 0.882. The molecule has 2 N–H and O–H groups in total. The van der Waals surface area contributed by atoms with Crippen molar-refractivity contribution in [2.24, 2.45) is 5.92 Å². The molecule has 0 aliphatic heterocycles. The van der Waals surface area contributed by atoms with Crippen molar-refractivity contribution in [2.45, 2.75) is 90.3 Å². The van der Waals surface area contributed by atoms with E-state index in [1.165, 1.54) is 0 Å². The van der Waals surface area contributed by atoms with Gasteiger partial charge >= 0.3 is 12.1 Å². The molecule has 0 heterocycles. The standard InChI is InChI=1S/C17H33NO5Si/c1-16(2,3)22-15(21)18-12-9-11(14(19)20)10-13(12)23-24(7,8)17(4,5)6/h11-13H,9-10H2,1-8H3,(H,18,21)(H,19,20)/t11-,12-,13+/m0/s1. The van der Waals surface area contributed by atoms with Crippen LogP contribution in [0.5, 0.6) is 0 Å². The van der Waals surface area contributed by atoms with Gasteiger partial charge in [-0.3, -0.25) is 4.79 Å². The lowest BCUT2D eigenvalue weighted by atomic mass is 10.1. The topological polar surface area (TPSA) is 84.9 Å². The lowest BCUT2D eigenvalue weighted by Gasteiger charge is -2.40. The Kier molecular flexibility index (Phi) is 6.14. The molecule has 0 aromatic carbocycles. The van der Waals surface area contributed by atoms with E-state index in [9.17, 15) is 14.7 Å². The Morgan fingerprint density at radius 1 is 1.08 bits per heavy atom. The number of carbonyl (C=O) groups excluding carboxylic acids is 1. The maximum Gasteiger partial charge on any atom is 0.407 e. The zero-order valence-corrected chi connectivity index (χ0v) is 17.2. The Morgan fingerprint density at radius 3 is 2.04 bits per heavy atom. The van der Waals surface area contributed by atoms with Crippen LogP contribution in [0.3, 0.4) is 0 Å². The highest BCUT2D eigenvalue weighted by Gasteiger charge is 2.46. The fourth-order valence-electron chi connectivity index (χ4n) is 2.50. The second kappa shape index (κ2) is 7.04. The van der Waals surface area contributed by atoms with Gasteiger partial charge in [-0.1, -0.05) is 20.8 Å². The van der Waals surface area contributed by atoms with Crippen LogP contribution in [0.2, 0.25) is 18.1 Å². The normalized spacial score (nSPS) is 25.4. The number of carboxylic acids is 1. The van der Waals surface area contributed by atoms with Crippen LogP contribution in [0.4, 0.5) is 4.79 Å². The van der Waals surface area contributed by atoms with E-state index in [-0.39, 0.29) is 17.2 Å². The van der Waals surface area contributed by atoms with Crippen molar-refractivity contribution < 1.29 is 23.9 Å². The van der Waals surface area contributed by atoms with Crippen LogP contribution < -0.4 is 5.32 Å². The Balaban J connectivity index is 2.86. The quantitative estimate of drug-likeness (QED) is 0.747. The molecule has 0 aromatic heterocycles. The maximum atomic E-state index is 12.1. The van der Waals surface area contributed by atoms with Crippen LogP contribution in [-0.4, -0.2) is 43.2 Å². The molecule has 1 aliphatic carbocycles. The van der Waals surface area contributed by atoms with E-state index in [1.807, 2.05) is 0 Å². The van der Waals surface area contributed by atoms with Gasteiger partial charge in [-0.2, -0.15) is 0 Å². The van der Waals surface area contributed by atoms with Crippen LogP contribution in [0.1, 0.15) is 54.4 Å². The van der Waals surface area contributed by atoms with Gasteiger partial charge in [-0.15, -0.1) is 0 Å². The summed E-state index contributed by atoms with van der Waals surface area (Å²) in [5.41, 5.74) is -0.593. The SMILES string of the molecule is CC(C)(C)OC(=O)N[C@H]1C[C@H](C(=O)O)C[C@H]1O[Si](C)(C)C(C)(C)C. The molecule has 1 fully saturated rings. The number of hydrogen-bond donors (Lipinski definition) is 2. The van der Waals surface area contributed by atoms with E-state index in [4.69, 9.17) is 9.16 Å². The monoisotopic (exact) mass is 359 g/mol. The van der Waals surface area contributed by atoms with Gasteiger partial charge in [0.25, 0.3) is 0 Å². The molecular formula is C17H33NO5Si. The largest absolute Gasteiger partial charge is 0.481 e. The average Bonchev–Trinajstić information content (AvgIpc) is 2.67. The highest BCUT2D eigenvalue weighted by Crippen LogP contribution is 2.40. The molecule has 140 valence electrons. The van der Waals surface area contributed by atoms with Crippen molar-refractivity contribution in [3.8, 4) is 0 Å². The van der Waals surface area contributed by atoms with Crippen molar-refractivity contribution in [2.75, 3.05) is 0 Å². The second-order valence-corrected chi connectivity index (χ2v) is 13.9. The average molecular weight is 360 g/mol. The third-order valence-corrected chi connectivity index (χ3v) is 9.31. The van der Waals surface area contributed by atoms with Crippen LogP contribution >= 0.6 is 0 Å². The van der Waals surface area contributed by atoms with Crippen molar-refractivity contribution in [3.63, 3.8) is 0 Å². The minimum absolute atomic E-state index is 0.0186. The van der Waals surface area contributed by atoms with E-state index in [2.05, 4.69) is 39.2 Å². The van der Waals surface area contributed by atoms with Gasteiger partial charge in [0.2, 0.25) is 0 Å². The van der Waals surface area contributed by atoms with Gasteiger partial charge in [0.1, 0.15) is 5.60 Å². The van der Waals surface area contributed by atoms with Crippen LogP contribution in [0.25, 0.3) is 0 Å². The fourth-order valence-corrected chi connectivity index (χ4v) is 3.87. The molecule has 0 bridgehead atoms. The first-order chi connectivity index (χ1) is 10.6. The van der Waals surface area contributed by atoms with E-state index >= 15 is 0 Å². The summed E-state index contributed by atoms with van der Waals surface area (Å²) >= 11 is 0. The molecule has 0 radical (unpaired) electrons. The minimum Gasteiger partial charge on any atom is -0.481 e. The van der Waals surface area contributed by atoms with Gasteiger partial charge in [0.15, 0.2) is 8.32 Å². The molecule has 6 nitrogen and oxygen atoms in total. The molecule has 7 heteroatoms. The van der Waals surface area contributed by atoms with E-state index in [0.717, 1.165) is 0 Å². The number of carboxylic acid groups (broad SMARTS) is 1. The molecule has 0 spiro atoms. The van der Waals surface area contributed by atoms with Crippen LogP contribution in [0, 0.1) is 5.92 Å². The van der Waals surface area contributed by atoms with Gasteiger partial charge < -0.3 is 19.6 Å². The number of rotatable bonds is 4. The molecular weight excluding hydrogens is 326 g/mol. The first kappa shape index (κ1) is 21.0. The summed E-state index contributed by atoms with van der Waals surface area (Å²) in [4.78, 5) is 23.5. The summed E-state index contributed by atoms with van der Waals surface area (Å²) < 4.78 is 11.7. The molecule has 0 unspecified atom stereocenters. The molecule has 1 amide bonds. The number of nitrogens with one attached hydrogen (secondary N) is 1. The highest BCUT2D eigenvalue weighted by atomic mass is 28.4. The van der Waals surface area contributed by atoms with Gasteiger partial charge in [-0.05, 0) is 51.7 Å². The summed E-state index contributed by atoms with van der Waals surface area (Å²) in [6.45, 7) is 16.1. The summed E-state index contributed by atoms with van der Waals surface area (Å²) in [6, 6.07) is -0.338. The minimum atomic E-state index is -2.06. The number of aliphatic carboxylic acids is 1. The Hall–Kier alpha value is -1.08. The van der Waals surface area contributed by atoms with E-state index in [0.29, 0.717) is 12.8 Å². The summed E-state index contributed by atoms with van der Waals surface area (Å²) in [7, 11) is -2.06. The molecule has 1 saturated carbocycles. The Labute approximate surface area is 146 Å². The first-order valence-corrected chi connectivity index (χ1v) is 11.4. The molecule has 1 aliphatic rings. The summed E-state index contributed by atoms with van der Waals surface area (Å²) in [5.74, 6) is -1.34. The van der Waals surface area contributed by atoms with Crippen molar-refractivity contribution >= 4 is 20.4 Å². The van der Waals surface area contributed by atoms with Crippen molar-refractivity contribution in [3.05, 3.63) is 0 Å². The smallest absolute Gasteiger partial charge is 0.407 e. The number of ether oxygens (including phenoxy) is 1. The second-order valence-electron chi connectivity index (χ2n) is 9.18. The third-order valence-electron chi connectivity index (χ3n) is 4.81. The predicted molar refractivity (Wildman–Crippen MR) is 95.6 cm³/mol. The number of alkyl carbamates (subject to hydrolysis) is 1. The summed E-state index contributed by atoms with van der Waals surface area (Å²) in [6.07, 6.45) is -0.0298.